The zero-order chi connectivity index (χ0) is 16.1. The first-order valence-corrected chi connectivity index (χ1v) is 7.89. The second-order valence-electron chi connectivity index (χ2n) is 5.50. The minimum absolute atomic E-state index is 0.0886. The van der Waals surface area contributed by atoms with Gasteiger partial charge in [-0.15, -0.1) is 0 Å². The first kappa shape index (κ1) is 16.6. The van der Waals surface area contributed by atoms with Gasteiger partial charge in [0.25, 0.3) is 5.91 Å². The van der Waals surface area contributed by atoms with Crippen molar-refractivity contribution in [2.45, 2.75) is 26.2 Å². The van der Waals surface area contributed by atoms with Crippen molar-refractivity contribution < 1.29 is 14.3 Å². The number of carbonyl (C=O) groups is 2. The topological polar surface area (TPSA) is 72.6 Å². The van der Waals surface area contributed by atoms with Gasteiger partial charge in [0, 0.05) is 24.5 Å². The molecule has 2 amide bonds. The molecule has 1 aromatic rings. The van der Waals surface area contributed by atoms with E-state index in [0.29, 0.717) is 42.5 Å². The molecule has 1 heterocycles. The quantitative estimate of drug-likeness (QED) is 0.904. The lowest BCUT2D eigenvalue weighted by Crippen LogP contribution is -2.41. The maximum absolute atomic E-state index is 12.7. The van der Waals surface area contributed by atoms with E-state index in [1.807, 2.05) is 6.92 Å². The van der Waals surface area contributed by atoms with Crippen LogP contribution in [-0.2, 0) is 4.79 Å². The third-order valence-electron chi connectivity index (χ3n) is 3.77. The number of carbonyl (C=O) groups excluding carboxylic acids is 2. The van der Waals surface area contributed by atoms with E-state index in [0.717, 1.165) is 12.8 Å². The third-order valence-corrected chi connectivity index (χ3v) is 4.01. The number of piperidine rings is 1. The molecule has 0 bridgehead atoms. The fourth-order valence-electron chi connectivity index (χ4n) is 2.82. The fourth-order valence-corrected chi connectivity index (χ4v) is 2.98. The van der Waals surface area contributed by atoms with Crippen LogP contribution in [0.2, 0.25) is 5.02 Å². The Balaban J connectivity index is 2.15. The molecule has 22 heavy (non-hydrogen) atoms. The highest BCUT2D eigenvalue weighted by Crippen LogP contribution is 2.27. The van der Waals surface area contributed by atoms with Gasteiger partial charge in [-0.2, -0.15) is 0 Å². The molecule has 0 unspecified atom stereocenters. The molecule has 1 atom stereocenters. The normalized spacial score (nSPS) is 18.1. The van der Waals surface area contributed by atoms with Gasteiger partial charge in [-0.1, -0.05) is 11.6 Å². The summed E-state index contributed by atoms with van der Waals surface area (Å²) in [5.41, 5.74) is 5.76. The van der Waals surface area contributed by atoms with Crippen LogP contribution < -0.4 is 10.5 Å². The Morgan fingerprint density at radius 2 is 2.23 bits per heavy atom. The van der Waals surface area contributed by atoms with Crippen molar-refractivity contribution >= 4 is 23.4 Å². The predicted molar refractivity (Wildman–Crippen MR) is 85.1 cm³/mol. The zero-order valence-corrected chi connectivity index (χ0v) is 13.4. The average Bonchev–Trinajstić information content (AvgIpc) is 2.47. The van der Waals surface area contributed by atoms with E-state index in [9.17, 15) is 9.59 Å². The number of halogens is 1. The summed E-state index contributed by atoms with van der Waals surface area (Å²) in [5.74, 6) is 0.227. The highest BCUT2D eigenvalue weighted by Gasteiger charge is 2.27. The van der Waals surface area contributed by atoms with Crippen molar-refractivity contribution in [3.8, 4) is 5.75 Å². The molecule has 5 nitrogen and oxygen atoms in total. The number of rotatable bonds is 5. The van der Waals surface area contributed by atoms with Crippen LogP contribution in [0.5, 0.6) is 5.75 Å². The molecule has 1 saturated heterocycles. The molecular weight excluding hydrogens is 304 g/mol. The lowest BCUT2D eigenvalue weighted by Gasteiger charge is -2.32. The molecule has 0 radical (unpaired) electrons. The van der Waals surface area contributed by atoms with E-state index in [4.69, 9.17) is 22.1 Å². The van der Waals surface area contributed by atoms with Crippen LogP contribution in [0.4, 0.5) is 0 Å². The summed E-state index contributed by atoms with van der Waals surface area (Å²) >= 11 is 5.97. The number of ether oxygens (including phenoxy) is 1. The predicted octanol–water partition coefficient (Wildman–Crippen LogP) is 2.47. The van der Waals surface area contributed by atoms with Gasteiger partial charge in [0.05, 0.1) is 12.2 Å². The summed E-state index contributed by atoms with van der Waals surface area (Å²) in [4.78, 5) is 25.6. The van der Waals surface area contributed by atoms with Gasteiger partial charge in [0.1, 0.15) is 5.75 Å². The first-order valence-electron chi connectivity index (χ1n) is 7.51. The summed E-state index contributed by atoms with van der Waals surface area (Å²) in [6.45, 7) is 3.56. The monoisotopic (exact) mass is 324 g/mol. The van der Waals surface area contributed by atoms with Crippen molar-refractivity contribution in [3.05, 3.63) is 28.8 Å². The van der Waals surface area contributed by atoms with Gasteiger partial charge in [0.15, 0.2) is 0 Å². The fraction of sp³-hybridized carbons (Fsp3) is 0.500. The standard InChI is InChI=1S/C16H21ClN2O3/c1-2-22-14-9-12(17)5-6-13(14)16(21)19-7-3-4-11(10-19)8-15(18)20/h5-6,9,11H,2-4,7-8,10H2,1H3,(H2,18,20)/t11-/m0/s1. The molecule has 120 valence electrons. The van der Waals surface area contributed by atoms with E-state index < -0.39 is 0 Å². The van der Waals surface area contributed by atoms with Crippen molar-refractivity contribution in [2.24, 2.45) is 11.7 Å². The number of likely N-dealkylation sites (tertiary alicyclic amines) is 1. The van der Waals surface area contributed by atoms with Crippen LogP contribution in [0.1, 0.15) is 36.5 Å². The van der Waals surface area contributed by atoms with Gasteiger partial charge in [-0.05, 0) is 43.9 Å². The zero-order valence-electron chi connectivity index (χ0n) is 12.7. The highest BCUT2D eigenvalue weighted by molar-refractivity contribution is 6.30. The first-order chi connectivity index (χ1) is 10.5. The lowest BCUT2D eigenvalue weighted by molar-refractivity contribution is -0.119. The molecule has 2 N–H and O–H groups in total. The van der Waals surface area contributed by atoms with Crippen molar-refractivity contribution in [3.63, 3.8) is 0 Å². The molecule has 0 saturated carbocycles. The van der Waals surface area contributed by atoms with Gasteiger partial charge in [0.2, 0.25) is 5.91 Å². The van der Waals surface area contributed by atoms with Gasteiger partial charge < -0.3 is 15.4 Å². The number of nitrogens with zero attached hydrogens (tertiary/aromatic N) is 1. The van der Waals surface area contributed by atoms with Gasteiger partial charge >= 0.3 is 0 Å². The van der Waals surface area contributed by atoms with E-state index in [1.165, 1.54) is 0 Å². The molecule has 2 rings (SSSR count). The number of hydrogen-bond acceptors (Lipinski definition) is 3. The van der Waals surface area contributed by atoms with Crippen LogP contribution in [0, 0.1) is 5.92 Å². The minimum atomic E-state index is -0.319. The molecule has 1 aromatic carbocycles. The summed E-state index contributed by atoms with van der Waals surface area (Å²) in [7, 11) is 0. The molecule has 0 aromatic heterocycles. The second kappa shape index (κ2) is 7.49. The van der Waals surface area contributed by atoms with Crippen LogP contribution in [0.15, 0.2) is 18.2 Å². The Morgan fingerprint density at radius 1 is 1.45 bits per heavy atom. The highest BCUT2D eigenvalue weighted by atomic mass is 35.5. The van der Waals surface area contributed by atoms with Crippen molar-refractivity contribution in [1.29, 1.82) is 0 Å². The van der Waals surface area contributed by atoms with Gasteiger partial charge in [-0.3, -0.25) is 9.59 Å². The molecule has 1 aliphatic heterocycles. The van der Waals surface area contributed by atoms with E-state index in [1.54, 1.807) is 23.1 Å². The maximum atomic E-state index is 12.7. The Labute approximate surface area is 135 Å². The minimum Gasteiger partial charge on any atom is -0.493 e. The Kier molecular flexibility index (Phi) is 5.66. The van der Waals surface area contributed by atoms with Crippen LogP contribution in [-0.4, -0.2) is 36.4 Å². The largest absolute Gasteiger partial charge is 0.493 e. The molecule has 1 fully saturated rings. The van der Waals surface area contributed by atoms with E-state index in [-0.39, 0.29) is 17.7 Å². The molecular formula is C16H21ClN2O3. The lowest BCUT2D eigenvalue weighted by atomic mass is 9.94. The Bertz CT molecular complexity index is 562. The van der Waals surface area contributed by atoms with Crippen molar-refractivity contribution in [2.75, 3.05) is 19.7 Å². The molecule has 0 aliphatic carbocycles. The molecule has 1 aliphatic rings. The van der Waals surface area contributed by atoms with E-state index in [2.05, 4.69) is 0 Å². The number of benzene rings is 1. The summed E-state index contributed by atoms with van der Waals surface area (Å²) < 4.78 is 5.52. The van der Waals surface area contributed by atoms with Crippen LogP contribution >= 0.6 is 11.6 Å². The number of nitrogens with two attached hydrogens (primary N) is 1. The van der Waals surface area contributed by atoms with Crippen LogP contribution in [0.25, 0.3) is 0 Å². The summed E-state index contributed by atoms with van der Waals surface area (Å²) in [5, 5.41) is 0.533. The second-order valence-corrected chi connectivity index (χ2v) is 5.94. The smallest absolute Gasteiger partial charge is 0.257 e. The number of amides is 2. The summed E-state index contributed by atoms with van der Waals surface area (Å²) in [6.07, 6.45) is 2.12. The summed E-state index contributed by atoms with van der Waals surface area (Å²) in [6, 6.07) is 5.03. The molecule has 6 heteroatoms. The third kappa shape index (κ3) is 4.13. The number of primary amides is 1. The maximum Gasteiger partial charge on any atom is 0.257 e. The van der Waals surface area contributed by atoms with Crippen LogP contribution in [0.3, 0.4) is 0 Å². The Morgan fingerprint density at radius 3 is 2.91 bits per heavy atom. The SMILES string of the molecule is CCOc1cc(Cl)ccc1C(=O)N1CCC[C@@H](CC(N)=O)C1. The van der Waals surface area contributed by atoms with Crippen molar-refractivity contribution in [1.82, 2.24) is 4.90 Å². The molecule has 0 spiro atoms. The number of hydrogen-bond donors (Lipinski definition) is 1. The van der Waals surface area contributed by atoms with Gasteiger partial charge in [-0.25, -0.2) is 0 Å². The van der Waals surface area contributed by atoms with E-state index >= 15 is 0 Å². The average molecular weight is 325 g/mol. The Hall–Kier alpha value is -1.75.